The van der Waals surface area contributed by atoms with Gasteiger partial charge in [0.15, 0.2) is 0 Å². The number of rotatable bonds is 8. The van der Waals surface area contributed by atoms with E-state index in [1.165, 1.54) is 11.3 Å². The first-order chi connectivity index (χ1) is 11.3. The van der Waals surface area contributed by atoms with Crippen LogP contribution in [0, 0.1) is 13.8 Å². The molecule has 1 aromatic heterocycles. The highest BCUT2D eigenvalue weighted by molar-refractivity contribution is 7.89. The summed E-state index contributed by atoms with van der Waals surface area (Å²) in [7, 11) is -3.61. The Balaban J connectivity index is 2.05. The molecule has 0 radical (unpaired) electrons. The van der Waals surface area contributed by atoms with E-state index in [1.54, 1.807) is 12.1 Å². The lowest BCUT2D eigenvalue weighted by Crippen LogP contribution is -2.26. The van der Waals surface area contributed by atoms with Gasteiger partial charge in [-0.15, -0.1) is 11.3 Å². The highest BCUT2D eigenvalue weighted by Crippen LogP contribution is 2.27. The molecule has 0 amide bonds. The Morgan fingerprint density at radius 1 is 1.29 bits per heavy atom. The minimum Gasteiger partial charge on any atom is -0.493 e. The van der Waals surface area contributed by atoms with Crippen LogP contribution in [0.1, 0.15) is 35.5 Å². The number of benzene rings is 1. The molecule has 132 valence electrons. The molecule has 0 saturated heterocycles. The van der Waals surface area contributed by atoms with Gasteiger partial charge in [0.1, 0.15) is 5.75 Å². The van der Waals surface area contributed by atoms with E-state index < -0.39 is 16.1 Å². The van der Waals surface area contributed by atoms with Gasteiger partial charge in [0.25, 0.3) is 0 Å². The minimum absolute atomic E-state index is 0.173. The van der Waals surface area contributed by atoms with Crippen molar-refractivity contribution < 1.29 is 18.3 Å². The van der Waals surface area contributed by atoms with Gasteiger partial charge in [-0.05, 0) is 61.9 Å². The molecule has 0 bridgehead atoms. The Labute approximate surface area is 147 Å². The summed E-state index contributed by atoms with van der Waals surface area (Å²) in [6, 6.07) is 6.91. The van der Waals surface area contributed by atoms with E-state index in [-0.39, 0.29) is 11.4 Å². The van der Waals surface area contributed by atoms with Crippen molar-refractivity contribution in [2.24, 2.45) is 0 Å². The van der Waals surface area contributed by atoms with Crippen molar-refractivity contribution in [1.29, 1.82) is 0 Å². The summed E-state index contributed by atoms with van der Waals surface area (Å²) in [5.74, 6) is 0.726. The minimum atomic E-state index is -3.61. The Kier molecular flexibility index (Phi) is 6.40. The van der Waals surface area contributed by atoms with Crippen molar-refractivity contribution >= 4 is 21.4 Å². The van der Waals surface area contributed by atoms with Gasteiger partial charge < -0.3 is 9.84 Å². The third-order valence-corrected chi connectivity index (χ3v) is 6.03. The molecule has 1 aromatic carbocycles. The van der Waals surface area contributed by atoms with Crippen LogP contribution in [-0.2, 0) is 10.0 Å². The van der Waals surface area contributed by atoms with Crippen LogP contribution in [0.2, 0.25) is 0 Å². The molecule has 2 N–H and O–H groups in total. The number of ether oxygens (including phenoxy) is 1. The molecule has 5 nitrogen and oxygen atoms in total. The number of nitrogens with one attached hydrogen (secondary N) is 1. The van der Waals surface area contributed by atoms with Crippen molar-refractivity contribution in [3.8, 4) is 5.75 Å². The molecule has 2 aromatic rings. The Morgan fingerprint density at radius 2 is 1.96 bits per heavy atom. The molecule has 24 heavy (non-hydrogen) atoms. The van der Waals surface area contributed by atoms with Gasteiger partial charge in [0.2, 0.25) is 10.0 Å². The molecular formula is C17H23NO4S2. The number of sulfonamides is 1. The van der Waals surface area contributed by atoms with Crippen molar-refractivity contribution in [2.45, 2.75) is 38.2 Å². The number of hydrogen-bond acceptors (Lipinski definition) is 5. The molecule has 0 saturated carbocycles. The maximum absolute atomic E-state index is 12.4. The first-order valence-electron chi connectivity index (χ1n) is 7.80. The van der Waals surface area contributed by atoms with Crippen LogP contribution in [0.25, 0.3) is 0 Å². The fourth-order valence-electron chi connectivity index (χ4n) is 2.47. The van der Waals surface area contributed by atoms with E-state index >= 15 is 0 Å². The summed E-state index contributed by atoms with van der Waals surface area (Å²) in [4.78, 5) is 1.05. The molecule has 0 fully saturated rings. The maximum atomic E-state index is 12.4. The second kappa shape index (κ2) is 8.11. The molecule has 0 spiro atoms. The van der Waals surface area contributed by atoms with Crippen molar-refractivity contribution in [3.63, 3.8) is 0 Å². The lowest BCUT2D eigenvalue weighted by Gasteiger charge is -2.14. The van der Waals surface area contributed by atoms with E-state index in [4.69, 9.17) is 4.74 Å². The predicted octanol–water partition coefficient (Wildman–Crippen LogP) is 3.17. The van der Waals surface area contributed by atoms with Crippen LogP contribution in [-0.4, -0.2) is 26.7 Å². The molecule has 1 atom stereocenters. The van der Waals surface area contributed by atoms with Crippen LogP contribution in [0.15, 0.2) is 34.5 Å². The van der Waals surface area contributed by atoms with Crippen molar-refractivity contribution in [2.75, 3.05) is 13.2 Å². The van der Waals surface area contributed by atoms with E-state index in [2.05, 4.69) is 4.72 Å². The monoisotopic (exact) mass is 369 g/mol. The summed E-state index contributed by atoms with van der Waals surface area (Å²) >= 11 is 1.45. The summed E-state index contributed by atoms with van der Waals surface area (Å²) in [6.45, 7) is 6.26. The molecule has 7 heteroatoms. The van der Waals surface area contributed by atoms with Gasteiger partial charge in [0.05, 0.1) is 17.6 Å². The van der Waals surface area contributed by atoms with Crippen LogP contribution < -0.4 is 9.46 Å². The summed E-state index contributed by atoms with van der Waals surface area (Å²) < 4.78 is 33.0. The molecule has 1 unspecified atom stereocenters. The average Bonchev–Trinajstić information content (AvgIpc) is 3.05. The first-order valence-corrected chi connectivity index (χ1v) is 10.2. The molecule has 0 aliphatic carbocycles. The van der Waals surface area contributed by atoms with Gasteiger partial charge in [-0.1, -0.05) is 6.07 Å². The maximum Gasteiger partial charge on any atom is 0.240 e. The second-order valence-corrected chi connectivity index (χ2v) is 8.28. The van der Waals surface area contributed by atoms with Crippen LogP contribution >= 0.6 is 11.3 Å². The quantitative estimate of drug-likeness (QED) is 0.749. The van der Waals surface area contributed by atoms with Crippen LogP contribution in [0.5, 0.6) is 5.75 Å². The van der Waals surface area contributed by atoms with Crippen molar-refractivity contribution in [1.82, 2.24) is 4.72 Å². The van der Waals surface area contributed by atoms with Crippen LogP contribution in [0.3, 0.4) is 0 Å². The number of aliphatic hydroxyl groups excluding tert-OH is 1. The highest BCUT2D eigenvalue weighted by Gasteiger charge is 2.18. The van der Waals surface area contributed by atoms with Gasteiger partial charge >= 0.3 is 0 Å². The third kappa shape index (κ3) is 4.57. The summed E-state index contributed by atoms with van der Waals surface area (Å²) in [6.07, 6.45) is -0.328. The molecule has 2 rings (SSSR count). The first kappa shape index (κ1) is 18.9. The highest BCUT2D eigenvalue weighted by atomic mass is 32.2. The summed E-state index contributed by atoms with van der Waals surface area (Å²) in [5.41, 5.74) is 1.58. The fraction of sp³-hybridized carbons (Fsp3) is 0.412. The lowest BCUT2D eigenvalue weighted by molar-refractivity contribution is 0.173. The van der Waals surface area contributed by atoms with Crippen molar-refractivity contribution in [3.05, 3.63) is 45.6 Å². The SMILES string of the molecule is CCOc1c(C)cc(S(=O)(=O)NCCC(O)c2cccs2)cc1C. The van der Waals surface area contributed by atoms with E-state index in [0.717, 1.165) is 21.8 Å². The zero-order chi connectivity index (χ0) is 17.7. The number of aliphatic hydroxyl groups is 1. The average molecular weight is 370 g/mol. The largest absolute Gasteiger partial charge is 0.493 e. The molecule has 0 aliphatic heterocycles. The fourth-order valence-corrected chi connectivity index (χ4v) is 4.44. The van der Waals surface area contributed by atoms with E-state index in [9.17, 15) is 13.5 Å². The normalized spacial score (nSPS) is 13.0. The topological polar surface area (TPSA) is 75.6 Å². The van der Waals surface area contributed by atoms with Crippen LogP contribution in [0.4, 0.5) is 0 Å². The number of hydrogen-bond donors (Lipinski definition) is 2. The summed E-state index contributed by atoms with van der Waals surface area (Å²) in [5, 5.41) is 11.9. The van der Waals surface area contributed by atoms with Gasteiger partial charge in [-0.2, -0.15) is 0 Å². The third-order valence-electron chi connectivity index (χ3n) is 3.61. The smallest absolute Gasteiger partial charge is 0.240 e. The second-order valence-electron chi connectivity index (χ2n) is 5.54. The zero-order valence-corrected chi connectivity index (χ0v) is 15.7. The predicted molar refractivity (Wildman–Crippen MR) is 96.2 cm³/mol. The zero-order valence-electron chi connectivity index (χ0n) is 14.1. The standard InChI is InChI=1S/C17H23NO4S2/c1-4-22-17-12(2)10-14(11-13(17)3)24(20,21)18-8-7-15(19)16-6-5-9-23-16/h5-6,9-11,15,18-19H,4,7-8H2,1-3H3. The molecular weight excluding hydrogens is 346 g/mol. The number of thiophene rings is 1. The molecule has 1 heterocycles. The Hall–Kier alpha value is -1.41. The lowest BCUT2D eigenvalue weighted by atomic mass is 10.1. The van der Waals surface area contributed by atoms with Gasteiger partial charge in [0, 0.05) is 11.4 Å². The Bertz CT molecular complexity index is 747. The van der Waals surface area contributed by atoms with E-state index in [1.807, 2.05) is 38.3 Å². The molecule has 0 aliphatic rings. The number of aryl methyl sites for hydroxylation is 2. The van der Waals surface area contributed by atoms with E-state index in [0.29, 0.717) is 13.0 Å². The Morgan fingerprint density at radius 3 is 2.50 bits per heavy atom. The van der Waals surface area contributed by atoms with Gasteiger partial charge in [-0.25, -0.2) is 13.1 Å². The van der Waals surface area contributed by atoms with Gasteiger partial charge in [-0.3, -0.25) is 0 Å².